The Morgan fingerprint density at radius 2 is 1.51 bits per heavy atom. The van der Waals surface area contributed by atoms with Gasteiger partial charge in [-0.1, -0.05) is 66.4 Å². The van der Waals surface area contributed by atoms with Crippen LogP contribution in [0.25, 0.3) is 0 Å². The molecule has 1 aliphatic carbocycles. The monoisotopic (exact) mass is 615 g/mol. The Morgan fingerprint density at radius 3 is 2.10 bits per heavy atom. The van der Waals surface area contributed by atoms with E-state index in [1.54, 1.807) is 55.5 Å². The summed E-state index contributed by atoms with van der Waals surface area (Å²) in [5.74, 6) is -0.869. The van der Waals surface area contributed by atoms with Crippen molar-refractivity contribution in [3.05, 3.63) is 93.5 Å². The highest BCUT2D eigenvalue weighted by molar-refractivity contribution is 7.92. The quantitative estimate of drug-likeness (QED) is 0.291. The fraction of sp³-hybridized carbons (Fsp3) is 0.355. The third kappa shape index (κ3) is 7.42. The molecule has 2 amide bonds. The van der Waals surface area contributed by atoms with Crippen LogP contribution in [0, 0.1) is 13.8 Å². The van der Waals surface area contributed by atoms with E-state index in [1.165, 1.54) is 17.0 Å². The number of nitrogens with zero attached hydrogens (tertiary/aromatic N) is 2. The summed E-state index contributed by atoms with van der Waals surface area (Å²) >= 11 is 12.9. The highest BCUT2D eigenvalue weighted by Crippen LogP contribution is 2.29. The molecule has 0 aromatic heterocycles. The molecule has 0 bridgehead atoms. The van der Waals surface area contributed by atoms with Crippen molar-refractivity contribution in [3.8, 4) is 0 Å². The Bertz CT molecular complexity index is 1470. The Labute approximate surface area is 252 Å². The van der Waals surface area contributed by atoms with Gasteiger partial charge >= 0.3 is 0 Å². The second-order valence-corrected chi connectivity index (χ2v) is 13.2. The van der Waals surface area contributed by atoms with Crippen molar-refractivity contribution in [3.63, 3.8) is 0 Å². The van der Waals surface area contributed by atoms with Crippen LogP contribution in [0.2, 0.25) is 10.0 Å². The predicted octanol–water partition coefficient (Wildman–Crippen LogP) is 6.28. The standard InChI is InChI=1S/C31H35Cl2N3O4S/c1-21-16-22(2)18-25(17-21)36(41(39,40)26-12-5-4-6-13-26)20-30(37)35(19-27-28(32)14-9-15-29(27)33)23(3)31(38)34-24-10-7-8-11-24/h4-6,9,12-18,23-24H,7-8,10-11,19-20H2,1-3H3,(H,34,38)/t23-/m0/s1. The summed E-state index contributed by atoms with van der Waals surface area (Å²) in [4.78, 5) is 28.9. The SMILES string of the molecule is Cc1cc(C)cc(N(CC(=O)N(Cc2c(Cl)cccc2Cl)[C@@H](C)C(=O)NC2CCCC2)S(=O)(=O)c2ccccc2)c1. The van der Waals surface area contributed by atoms with Crippen molar-refractivity contribution in [2.75, 3.05) is 10.8 Å². The molecular formula is C31H35Cl2N3O4S. The molecule has 0 heterocycles. The smallest absolute Gasteiger partial charge is 0.264 e. The lowest BCUT2D eigenvalue weighted by Crippen LogP contribution is -2.52. The first-order valence-electron chi connectivity index (χ1n) is 13.7. The summed E-state index contributed by atoms with van der Waals surface area (Å²) in [5.41, 5.74) is 2.54. The van der Waals surface area contributed by atoms with Crippen LogP contribution in [0.4, 0.5) is 5.69 Å². The molecule has 3 aromatic carbocycles. The molecule has 4 rings (SSSR count). The van der Waals surface area contributed by atoms with E-state index in [2.05, 4.69) is 5.32 Å². The molecule has 0 spiro atoms. The van der Waals surface area contributed by atoms with E-state index in [4.69, 9.17) is 23.2 Å². The Balaban J connectivity index is 1.73. The summed E-state index contributed by atoms with van der Waals surface area (Å²) < 4.78 is 29.0. The van der Waals surface area contributed by atoms with Crippen molar-refractivity contribution in [1.29, 1.82) is 0 Å². The van der Waals surface area contributed by atoms with Gasteiger partial charge in [-0.15, -0.1) is 0 Å². The van der Waals surface area contributed by atoms with E-state index in [0.29, 0.717) is 21.3 Å². The van der Waals surface area contributed by atoms with Gasteiger partial charge in [0.2, 0.25) is 11.8 Å². The minimum absolute atomic E-state index is 0.0519. The number of halogens is 2. The van der Waals surface area contributed by atoms with Crippen LogP contribution in [0.5, 0.6) is 0 Å². The van der Waals surface area contributed by atoms with Gasteiger partial charge in [-0.2, -0.15) is 0 Å². The van der Waals surface area contributed by atoms with Gasteiger partial charge in [0.15, 0.2) is 0 Å². The van der Waals surface area contributed by atoms with Crippen LogP contribution >= 0.6 is 23.2 Å². The number of aryl methyl sites for hydroxylation is 2. The van der Waals surface area contributed by atoms with Gasteiger partial charge in [0.25, 0.3) is 10.0 Å². The Hall–Kier alpha value is -3.07. The maximum absolute atomic E-state index is 14.1. The van der Waals surface area contributed by atoms with Gasteiger partial charge < -0.3 is 10.2 Å². The minimum Gasteiger partial charge on any atom is -0.352 e. The molecule has 7 nitrogen and oxygen atoms in total. The number of benzene rings is 3. The van der Waals surface area contributed by atoms with E-state index < -0.39 is 28.5 Å². The highest BCUT2D eigenvalue weighted by atomic mass is 35.5. The molecule has 0 saturated heterocycles. The van der Waals surface area contributed by atoms with Crippen LogP contribution in [-0.2, 0) is 26.2 Å². The number of nitrogens with one attached hydrogen (secondary N) is 1. The van der Waals surface area contributed by atoms with Crippen LogP contribution in [0.3, 0.4) is 0 Å². The van der Waals surface area contributed by atoms with Crippen LogP contribution in [0.15, 0.2) is 71.6 Å². The summed E-state index contributed by atoms with van der Waals surface area (Å²) in [7, 11) is -4.14. The van der Waals surface area contributed by atoms with E-state index in [0.717, 1.165) is 41.1 Å². The zero-order valence-corrected chi connectivity index (χ0v) is 25.8. The van der Waals surface area contributed by atoms with Crippen molar-refractivity contribution >= 4 is 50.7 Å². The first-order chi connectivity index (χ1) is 19.5. The molecule has 1 fully saturated rings. The van der Waals surface area contributed by atoms with Crippen molar-refractivity contribution < 1.29 is 18.0 Å². The third-order valence-corrected chi connectivity index (χ3v) is 9.86. The van der Waals surface area contributed by atoms with Gasteiger partial charge in [0.05, 0.1) is 10.6 Å². The van der Waals surface area contributed by atoms with Gasteiger partial charge in [-0.05, 0) is 81.1 Å². The van der Waals surface area contributed by atoms with Crippen LogP contribution in [0.1, 0.15) is 49.3 Å². The zero-order valence-electron chi connectivity index (χ0n) is 23.4. The molecule has 41 heavy (non-hydrogen) atoms. The zero-order chi connectivity index (χ0) is 29.7. The number of hydrogen-bond acceptors (Lipinski definition) is 4. The largest absolute Gasteiger partial charge is 0.352 e. The molecule has 0 aliphatic heterocycles. The predicted molar refractivity (Wildman–Crippen MR) is 164 cm³/mol. The van der Waals surface area contributed by atoms with Gasteiger partial charge in [-0.3, -0.25) is 13.9 Å². The summed E-state index contributed by atoms with van der Waals surface area (Å²) in [6.45, 7) is 4.78. The first kappa shape index (κ1) is 30.9. The lowest BCUT2D eigenvalue weighted by molar-refractivity contribution is -0.139. The van der Waals surface area contributed by atoms with E-state index in [-0.39, 0.29) is 23.4 Å². The molecule has 10 heteroatoms. The first-order valence-corrected chi connectivity index (χ1v) is 15.9. The molecule has 0 unspecified atom stereocenters. The fourth-order valence-corrected chi connectivity index (χ4v) is 7.11. The Kier molecular flexibility index (Phi) is 10.00. The van der Waals surface area contributed by atoms with E-state index >= 15 is 0 Å². The average Bonchev–Trinajstić information content (AvgIpc) is 3.44. The van der Waals surface area contributed by atoms with Gasteiger partial charge in [-0.25, -0.2) is 8.42 Å². The van der Waals surface area contributed by atoms with E-state index in [1.807, 2.05) is 19.9 Å². The van der Waals surface area contributed by atoms with Gasteiger partial charge in [0, 0.05) is 28.2 Å². The maximum Gasteiger partial charge on any atom is 0.264 e. The lowest BCUT2D eigenvalue weighted by Gasteiger charge is -2.33. The number of anilines is 1. The highest BCUT2D eigenvalue weighted by Gasteiger charge is 2.34. The summed E-state index contributed by atoms with van der Waals surface area (Å²) in [5, 5.41) is 3.75. The summed E-state index contributed by atoms with van der Waals surface area (Å²) in [6.07, 6.45) is 3.86. The fourth-order valence-electron chi connectivity index (χ4n) is 5.17. The van der Waals surface area contributed by atoms with Gasteiger partial charge in [0.1, 0.15) is 12.6 Å². The molecular weight excluding hydrogens is 581 g/mol. The second-order valence-electron chi connectivity index (χ2n) is 10.6. The van der Waals surface area contributed by atoms with Crippen molar-refractivity contribution in [2.24, 2.45) is 0 Å². The Morgan fingerprint density at radius 1 is 0.927 bits per heavy atom. The number of sulfonamides is 1. The molecule has 0 radical (unpaired) electrons. The normalized spacial score (nSPS) is 14.5. The number of carbonyl (C=O) groups is 2. The maximum atomic E-state index is 14.1. The van der Waals surface area contributed by atoms with E-state index in [9.17, 15) is 18.0 Å². The number of hydrogen-bond donors (Lipinski definition) is 1. The van der Waals surface area contributed by atoms with Crippen LogP contribution < -0.4 is 9.62 Å². The topological polar surface area (TPSA) is 86.8 Å². The van der Waals surface area contributed by atoms with Crippen molar-refractivity contribution in [2.45, 2.75) is 70.0 Å². The van der Waals surface area contributed by atoms with Crippen molar-refractivity contribution in [1.82, 2.24) is 10.2 Å². The van der Waals surface area contributed by atoms with Crippen LogP contribution in [-0.4, -0.2) is 43.8 Å². The minimum atomic E-state index is -4.14. The molecule has 1 N–H and O–H groups in total. The summed E-state index contributed by atoms with van der Waals surface area (Å²) in [6, 6.07) is 17.5. The number of carbonyl (C=O) groups excluding carboxylic acids is 2. The molecule has 3 aromatic rings. The average molecular weight is 617 g/mol. The molecule has 1 saturated carbocycles. The molecule has 1 aliphatic rings. The number of amides is 2. The molecule has 218 valence electrons. The second kappa shape index (κ2) is 13.3. The lowest BCUT2D eigenvalue weighted by atomic mass is 10.1. The molecule has 1 atom stereocenters. The third-order valence-electron chi connectivity index (χ3n) is 7.36. The number of rotatable bonds is 10.